The fraction of sp³-hybridized carbons (Fsp3) is 0.200. The molecule has 0 amide bonds. The van der Waals surface area contributed by atoms with Gasteiger partial charge in [0.15, 0.2) is 0 Å². The Morgan fingerprint density at radius 2 is 2.31 bits per heavy atom. The van der Waals surface area contributed by atoms with E-state index in [-0.39, 0.29) is 11.3 Å². The third kappa shape index (κ3) is 2.33. The average Bonchev–Trinajstić information content (AvgIpc) is 2.75. The average molecular weight is 326 g/mol. The van der Waals surface area contributed by atoms with Gasteiger partial charge in [-0.15, -0.1) is 10.2 Å². The minimum Gasteiger partial charge on any atom is -0.390 e. The summed E-state index contributed by atoms with van der Waals surface area (Å²) >= 11 is 9.83. The highest BCUT2D eigenvalue weighted by atomic mass is 79.9. The summed E-state index contributed by atoms with van der Waals surface area (Å²) in [5, 5.41) is 22.1. The molecule has 0 aliphatic heterocycles. The Balaban J connectivity index is 2.24. The molecule has 2 heterocycles. The van der Waals surface area contributed by atoms with E-state index in [0.717, 1.165) is 0 Å². The molecule has 0 saturated carbocycles. The summed E-state index contributed by atoms with van der Waals surface area (Å²) in [5.74, 6) is -0.470. The predicted octanol–water partition coefficient (Wildman–Crippen LogP) is 1.50. The zero-order valence-electron chi connectivity index (χ0n) is 7.37. The van der Waals surface area contributed by atoms with Gasteiger partial charge in [-0.3, -0.25) is 0 Å². The predicted molar refractivity (Wildman–Crippen MR) is 58.4 cm³/mol. The van der Waals surface area contributed by atoms with Crippen molar-refractivity contribution in [3.05, 3.63) is 24.3 Å². The Kier molecular flexibility index (Phi) is 3.12. The fourth-order valence-electron chi connectivity index (χ4n) is 0.915. The lowest BCUT2D eigenvalue weighted by atomic mass is 10.7. The van der Waals surface area contributed by atoms with Crippen molar-refractivity contribution in [3.63, 3.8) is 0 Å². The minimum absolute atomic E-state index is 0.228. The van der Waals surface area contributed by atoms with Crippen molar-refractivity contribution in [1.29, 1.82) is 0 Å². The van der Waals surface area contributed by atoms with Crippen LogP contribution < -0.4 is 0 Å². The maximum Gasteiger partial charge on any atom is 0.492 e. The number of halogens is 2. The summed E-state index contributed by atoms with van der Waals surface area (Å²) in [5.41, 5.74) is 0. The number of rotatable bonds is 3. The summed E-state index contributed by atoms with van der Waals surface area (Å²) in [7, 11) is 0. The number of nitro groups is 1. The molecule has 84 valence electrons. The van der Waals surface area contributed by atoms with E-state index >= 15 is 0 Å². The van der Waals surface area contributed by atoms with Gasteiger partial charge in [0.05, 0.1) is 0 Å². The lowest BCUT2D eigenvalue weighted by Crippen LogP contribution is -2.02. The summed E-state index contributed by atoms with van der Waals surface area (Å²) < 4.78 is 1.86. The van der Waals surface area contributed by atoms with Crippen molar-refractivity contribution in [1.82, 2.24) is 25.0 Å². The zero-order valence-corrected chi connectivity index (χ0v) is 10.5. The van der Waals surface area contributed by atoms with Crippen molar-refractivity contribution >= 4 is 44.8 Å². The Morgan fingerprint density at radius 3 is 2.81 bits per heavy atom. The molecule has 0 radical (unpaired) electrons. The molecule has 0 aliphatic carbocycles. The van der Waals surface area contributed by atoms with Crippen LogP contribution in [0.5, 0.6) is 0 Å². The van der Waals surface area contributed by atoms with E-state index in [0.29, 0.717) is 9.47 Å². The summed E-state index contributed by atoms with van der Waals surface area (Å²) in [6.45, 7) is 0.228. The van der Waals surface area contributed by atoms with Crippen molar-refractivity contribution in [3.8, 4) is 0 Å². The molecule has 16 heavy (non-hydrogen) atoms. The van der Waals surface area contributed by atoms with Crippen LogP contribution in [0.1, 0.15) is 5.01 Å². The normalized spacial score (nSPS) is 10.6. The van der Waals surface area contributed by atoms with Crippen molar-refractivity contribution < 1.29 is 4.92 Å². The molecule has 8 nitrogen and oxygen atoms in total. The molecule has 0 saturated heterocycles. The van der Waals surface area contributed by atoms with Crippen LogP contribution in [0.15, 0.2) is 4.73 Å². The van der Waals surface area contributed by atoms with E-state index in [9.17, 15) is 10.1 Å². The quantitative estimate of drug-likeness (QED) is 0.626. The molecule has 0 atom stereocenters. The molecular weight excluding hydrogens is 324 g/mol. The zero-order chi connectivity index (χ0) is 11.7. The summed E-state index contributed by atoms with van der Waals surface area (Å²) in [6.07, 6.45) is 0. The van der Waals surface area contributed by atoms with Gasteiger partial charge in [0.2, 0.25) is 4.47 Å². The number of hydrogen-bond acceptors (Lipinski definition) is 7. The van der Waals surface area contributed by atoms with Gasteiger partial charge in [0, 0.05) is 21.0 Å². The standard InChI is InChI=1S/C5H2BrClN6O2S/c6-3-8-5(13(14)15)11-12(3)1-2-9-10-4(7)16-2/h1H2. The number of hydrogen-bond donors (Lipinski definition) is 0. The first kappa shape index (κ1) is 11.4. The molecule has 0 aromatic carbocycles. The highest BCUT2D eigenvalue weighted by molar-refractivity contribution is 9.10. The second-order valence-corrected chi connectivity index (χ2v) is 4.90. The second kappa shape index (κ2) is 4.39. The Morgan fingerprint density at radius 1 is 1.56 bits per heavy atom. The van der Waals surface area contributed by atoms with Crippen LogP contribution in [0, 0.1) is 10.1 Å². The lowest BCUT2D eigenvalue weighted by Gasteiger charge is -1.90. The largest absolute Gasteiger partial charge is 0.492 e. The number of nitrogens with zero attached hydrogens (tertiary/aromatic N) is 6. The third-order valence-electron chi connectivity index (χ3n) is 1.51. The Bertz CT molecular complexity index is 541. The van der Waals surface area contributed by atoms with Crippen LogP contribution in [0.3, 0.4) is 0 Å². The van der Waals surface area contributed by atoms with E-state index in [1.165, 1.54) is 16.0 Å². The van der Waals surface area contributed by atoms with Gasteiger partial charge >= 0.3 is 5.95 Å². The highest BCUT2D eigenvalue weighted by Gasteiger charge is 2.20. The molecule has 0 N–H and O–H groups in total. The van der Waals surface area contributed by atoms with E-state index in [2.05, 4.69) is 36.2 Å². The van der Waals surface area contributed by atoms with E-state index in [1.807, 2.05) is 0 Å². The molecule has 2 rings (SSSR count). The van der Waals surface area contributed by atoms with E-state index in [4.69, 9.17) is 11.6 Å². The fourth-order valence-corrected chi connectivity index (χ4v) is 2.13. The van der Waals surface area contributed by atoms with Gasteiger partial charge < -0.3 is 10.1 Å². The Hall–Kier alpha value is -1.13. The highest BCUT2D eigenvalue weighted by Crippen LogP contribution is 2.18. The second-order valence-electron chi connectivity index (χ2n) is 2.54. The first-order chi connectivity index (χ1) is 7.56. The van der Waals surface area contributed by atoms with Gasteiger partial charge in [0.25, 0.3) is 4.73 Å². The maximum atomic E-state index is 10.4. The molecule has 0 fully saturated rings. The number of aromatic nitrogens is 5. The van der Waals surface area contributed by atoms with Crippen LogP contribution in [0.2, 0.25) is 4.47 Å². The van der Waals surface area contributed by atoms with Crippen LogP contribution in [-0.4, -0.2) is 29.9 Å². The lowest BCUT2D eigenvalue weighted by molar-refractivity contribution is -0.394. The van der Waals surface area contributed by atoms with Gasteiger partial charge in [-0.2, -0.15) is 4.68 Å². The molecule has 11 heteroatoms. The van der Waals surface area contributed by atoms with Crippen LogP contribution in [-0.2, 0) is 6.54 Å². The molecule has 2 aromatic rings. The molecule has 0 bridgehead atoms. The topological polar surface area (TPSA) is 99.6 Å². The Labute approximate surface area is 106 Å². The first-order valence-electron chi connectivity index (χ1n) is 3.79. The van der Waals surface area contributed by atoms with Crippen LogP contribution in [0.25, 0.3) is 0 Å². The first-order valence-corrected chi connectivity index (χ1v) is 5.77. The van der Waals surface area contributed by atoms with Crippen molar-refractivity contribution in [2.45, 2.75) is 6.54 Å². The minimum atomic E-state index is -0.672. The van der Waals surface area contributed by atoms with E-state index < -0.39 is 10.9 Å². The van der Waals surface area contributed by atoms with E-state index in [1.54, 1.807) is 0 Å². The van der Waals surface area contributed by atoms with Gasteiger partial charge in [0.1, 0.15) is 11.6 Å². The van der Waals surface area contributed by atoms with Gasteiger partial charge in [-0.1, -0.05) is 11.3 Å². The summed E-state index contributed by atoms with van der Waals surface area (Å²) in [6, 6.07) is 0. The van der Waals surface area contributed by atoms with Crippen LogP contribution >= 0.6 is 38.9 Å². The summed E-state index contributed by atoms with van der Waals surface area (Å²) in [4.78, 5) is 13.4. The van der Waals surface area contributed by atoms with Crippen molar-refractivity contribution in [2.75, 3.05) is 0 Å². The molecule has 0 unspecified atom stereocenters. The monoisotopic (exact) mass is 324 g/mol. The molecule has 0 aliphatic rings. The molecule has 2 aromatic heterocycles. The molecular formula is C5H2BrClN6O2S. The smallest absolute Gasteiger partial charge is 0.390 e. The van der Waals surface area contributed by atoms with Gasteiger partial charge in [-0.25, -0.2) is 0 Å². The van der Waals surface area contributed by atoms with Crippen LogP contribution in [0.4, 0.5) is 5.95 Å². The maximum absolute atomic E-state index is 10.4. The SMILES string of the molecule is O=[N+]([O-])c1nc(Br)n(Cc2nnc(Cl)s2)n1. The van der Waals surface area contributed by atoms with Crippen molar-refractivity contribution in [2.24, 2.45) is 0 Å². The van der Waals surface area contributed by atoms with Gasteiger partial charge in [-0.05, 0) is 21.5 Å². The third-order valence-corrected chi connectivity index (χ3v) is 3.10. The molecule has 0 spiro atoms.